The zero-order chi connectivity index (χ0) is 27.9. The first kappa shape index (κ1) is 29.4. The molecule has 0 spiro atoms. The molecule has 38 heavy (non-hydrogen) atoms. The van der Waals surface area contributed by atoms with E-state index in [0.717, 1.165) is 31.9 Å². The van der Waals surface area contributed by atoms with Crippen LogP contribution in [0.5, 0.6) is 0 Å². The first-order valence-corrected chi connectivity index (χ1v) is 14.7. The summed E-state index contributed by atoms with van der Waals surface area (Å²) in [4.78, 5) is 28.4. The number of halogens is 1. The second kappa shape index (κ2) is 13.1. The molecule has 3 aromatic rings. The third kappa shape index (κ3) is 7.45. The highest BCUT2D eigenvalue weighted by Crippen LogP contribution is 2.26. The Balaban J connectivity index is 2.04. The van der Waals surface area contributed by atoms with E-state index in [0.29, 0.717) is 12.2 Å². The maximum atomic E-state index is 13.9. The van der Waals surface area contributed by atoms with Gasteiger partial charge in [-0.3, -0.25) is 13.9 Å². The van der Waals surface area contributed by atoms with Crippen molar-refractivity contribution in [2.75, 3.05) is 17.4 Å². The Labute approximate surface area is 234 Å². The predicted octanol–water partition coefficient (Wildman–Crippen LogP) is 5.20. The molecule has 0 aliphatic rings. The first-order valence-electron chi connectivity index (χ1n) is 12.5. The Bertz CT molecular complexity index is 1360. The van der Waals surface area contributed by atoms with Crippen LogP contribution in [0.1, 0.15) is 37.0 Å². The average molecular weight is 601 g/mol. The van der Waals surface area contributed by atoms with E-state index >= 15 is 0 Å². The third-order valence-corrected chi connectivity index (χ3v) is 8.34. The van der Waals surface area contributed by atoms with E-state index in [-0.39, 0.29) is 17.3 Å². The van der Waals surface area contributed by atoms with Crippen LogP contribution in [0.3, 0.4) is 0 Å². The molecule has 0 radical (unpaired) electrons. The fourth-order valence-corrected chi connectivity index (χ4v) is 6.02. The number of amides is 2. The maximum absolute atomic E-state index is 13.9. The fraction of sp³-hybridized carbons (Fsp3) is 0.310. The number of rotatable bonds is 11. The van der Waals surface area contributed by atoms with E-state index in [1.807, 2.05) is 51.1 Å². The minimum atomic E-state index is -4.08. The molecule has 202 valence electrons. The van der Waals surface area contributed by atoms with Crippen LogP contribution in [0.15, 0.2) is 82.2 Å². The van der Waals surface area contributed by atoms with E-state index < -0.39 is 28.5 Å². The van der Waals surface area contributed by atoms with Crippen molar-refractivity contribution in [1.29, 1.82) is 0 Å². The summed E-state index contributed by atoms with van der Waals surface area (Å²) in [6.07, 6.45) is 0.758. The van der Waals surface area contributed by atoms with Crippen molar-refractivity contribution in [3.8, 4) is 0 Å². The minimum Gasteiger partial charge on any atom is -0.354 e. The fourth-order valence-electron chi connectivity index (χ4n) is 4.15. The number of nitrogens with one attached hydrogen (secondary N) is 1. The van der Waals surface area contributed by atoms with Gasteiger partial charge in [-0.2, -0.15) is 0 Å². The van der Waals surface area contributed by atoms with Crippen LogP contribution in [0.4, 0.5) is 5.69 Å². The zero-order valence-electron chi connectivity index (χ0n) is 22.1. The van der Waals surface area contributed by atoms with Gasteiger partial charge in [0.1, 0.15) is 12.6 Å². The summed E-state index contributed by atoms with van der Waals surface area (Å²) in [6, 6.07) is 20.1. The summed E-state index contributed by atoms with van der Waals surface area (Å²) >= 11 is 3.46. The van der Waals surface area contributed by atoms with Gasteiger partial charge in [0.2, 0.25) is 11.8 Å². The van der Waals surface area contributed by atoms with Crippen LogP contribution < -0.4 is 9.62 Å². The van der Waals surface area contributed by atoms with E-state index in [2.05, 4.69) is 21.2 Å². The maximum Gasteiger partial charge on any atom is 0.264 e. The molecular weight excluding hydrogens is 566 g/mol. The lowest BCUT2D eigenvalue weighted by Gasteiger charge is -2.32. The third-order valence-electron chi connectivity index (χ3n) is 6.06. The predicted molar refractivity (Wildman–Crippen MR) is 154 cm³/mol. The second-order valence-corrected chi connectivity index (χ2v) is 12.1. The van der Waals surface area contributed by atoms with Gasteiger partial charge in [0, 0.05) is 17.6 Å². The molecule has 3 rings (SSSR count). The molecule has 0 saturated heterocycles. The monoisotopic (exact) mass is 599 g/mol. The molecule has 0 aliphatic heterocycles. The van der Waals surface area contributed by atoms with Gasteiger partial charge >= 0.3 is 0 Å². The molecule has 0 unspecified atom stereocenters. The molecule has 1 N–H and O–H groups in total. The zero-order valence-corrected chi connectivity index (χ0v) is 24.6. The van der Waals surface area contributed by atoms with Crippen LogP contribution in [0.25, 0.3) is 0 Å². The number of hydrogen-bond donors (Lipinski definition) is 1. The molecule has 0 saturated carbocycles. The first-order chi connectivity index (χ1) is 18.0. The largest absolute Gasteiger partial charge is 0.354 e. The Kier molecular flexibility index (Phi) is 10.1. The molecule has 1 atom stereocenters. The molecule has 3 aromatic carbocycles. The van der Waals surface area contributed by atoms with Gasteiger partial charge in [-0.25, -0.2) is 8.42 Å². The number of hydrogen-bond acceptors (Lipinski definition) is 4. The number of nitrogens with zero attached hydrogens (tertiary/aromatic N) is 2. The smallest absolute Gasteiger partial charge is 0.264 e. The van der Waals surface area contributed by atoms with Crippen molar-refractivity contribution in [3.05, 3.63) is 94.0 Å². The minimum absolute atomic E-state index is 0.0826. The number of anilines is 1. The summed E-state index contributed by atoms with van der Waals surface area (Å²) in [5.74, 6) is -0.776. The molecule has 0 bridgehead atoms. The molecule has 0 aromatic heterocycles. The number of sulfonamides is 1. The average Bonchev–Trinajstić information content (AvgIpc) is 2.88. The van der Waals surface area contributed by atoms with Crippen molar-refractivity contribution < 1.29 is 18.0 Å². The molecule has 2 amide bonds. The lowest BCUT2D eigenvalue weighted by Crippen LogP contribution is -2.51. The van der Waals surface area contributed by atoms with Crippen molar-refractivity contribution in [3.63, 3.8) is 0 Å². The van der Waals surface area contributed by atoms with Crippen LogP contribution in [-0.2, 0) is 26.2 Å². The van der Waals surface area contributed by atoms with E-state index in [4.69, 9.17) is 0 Å². The number of carbonyl (C=O) groups is 2. The molecule has 7 nitrogen and oxygen atoms in total. The van der Waals surface area contributed by atoms with Crippen molar-refractivity contribution in [1.82, 2.24) is 10.2 Å². The highest BCUT2D eigenvalue weighted by atomic mass is 79.9. The van der Waals surface area contributed by atoms with Crippen molar-refractivity contribution in [2.24, 2.45) is 0 Å². The standard InChI is InChI=1S/C29H34BrN3O4S/c1-5-14-31-29(35)23(4)32(19-24-10-9-11-25(30)18-24)28(34)20-33(26-16-21(2)15-22(3)17-26)38(36,37)27-12-7-6-8-13-27/h6-13,15-18,23H,5,14,19-20H2,1-4H3,(H,31,35)/t23-/m1/s1. The van der Waals surface area contributed by atoms with E-state index in [1.54, 1.807) is 37.3 Å². The van der Waals surface area contributed by atoms with E-state index in [9.17, 15) is 18.0 Å². The topological polar surface area (TPSA) is 86.8 Å². The summed E-state index contributed by atoms with van der Waals surface area (Å²) in [5, 5.41) is 2.85. The van der Waals surface area contributed by atoms with Gasteiger partial charge in [-0.15, -0.1) is 0 Å². The summed E-state index contributed by atoms with van der Waals surface area (Å²) in [6.45, 7) is 7.54. The van der Waals surface area contributed by atoms with Gasteiger partial charge in [-0.1, -0.05) is 59.3 Å². The number of aryl methyl sites for hydroxylation is 2. The van der Waals surface area contributed by atoms with Gasteiger partial charge in [0.05, 0.1) is 10.6 Å². The summed E-state index contributed by atoms with van der Waals surface area (Å²) in [5.41, 5.74) is 2.95. The number of carbonyl (C=O) groups excluding carboxylic acids is 2. The van der Waals surface area contributed by atoms with Gasteiger partial charge in [-0.05, 0) is 80.3 Å². The van der Waals surface area contributed by atoms with Crippen LogP contribution in [0, 0.1) is 13.8 Å². The molecule has 0 heterocycles. The Morgan fingerprint density at radius 1 is 0.947 bits per heavy atom. The van der Waals surface area contributed by atoms with Gasteiger partial charge in [0.25, 0.3) is 10.0 Å². The number of benzene rings is 3. The molecule has 0 fully saturated rings. The Morgan fingerprint density at radius 3 is 2.21 bits per heavy atom. The van der Waals surface area contributed by atoms with Crippen LogP contribution in [-0.4, -0.2) is 44.3 Å². The Morgan fingerprint density at radius 2 is 1.61 bits per heavy atom. The summed E-state index contributed by atoms with van der Waals surface area (Å²) in [7, 11) is -4.08. The van der Waals surface area contributed by atoms with Crippen molar-refractivity contribution >= 4 is 43.5 Å². The quantitative estimate of drug-likeness (QED) is 0.328. The van der Waals surface area contributed by atoms with Crippen LogP contribution in [0.2, 0.25) is 0 Å². The lowest BCUT2D eigenvalue weighted by atomic mass is 10.1. The van der Waals surface area contributed by atoms with Crippen molar-refractivity contribution in [2.45, 2.75) is 51.6 Å². The van der Waals surface area contributed by atoms with E-state index in [1.165, 1.54) is 17.0 Å². The van der Waals surface area contributed by atoms with Gasteiger partial charge in [0.15, 0.2) is 0 Å². The highest BCUT2D eigenvalue weighted by molar-refractivity contribution is 9.10. The molecule has 0 aliphatic carbocycles. The van der Waals surface area contributed by atoms with Gasteiger partial charge < -0.3 is 10.2 Å². The highest BCUT2D eigenvalue weighted by Gasteiger charge is 2.32. The second-order valence-electron chi connectivity index (χ2n) is 9.29. The Hall–Kier alpha value is -3.17. The normalized spacial score (nSPS) is 12.0. The SMILES string of the molecule is CCCNC(=O)[C@@H](C)N(Cc1cccc(Br)c1)C(=O)CN(c1cc(C)cc(C)c1)S(=O)(=O)c1ccccc1. The molecule has 9 heteroatoms. The summed E-state index contributed by atoms with van der Waals surface area (Å²) < 4.78 is 29.6. The van der Waals surface area contributed by atoms with Crippen LogP contribution >= 0.6 is 15.9 Å². The lowest BCUT2D eigenvalue weighted by molar-refractivity contribution is -0.139. The molecular formula is C29H34BrN3O4S.